The molecular weight excluding hydrogens is 258 g/mol. The summed E-state index contributed by atoms with van der Waals surface area (Å²) in [6.45, 7) is 2.95. The van der Waals surface area contributed by atoms with Crippen LogP contribution in [0.2, 0.25) is 0 Å². The van der Waals surface area contributed by atoms with Crippen molar-refractivity contribution in [3.05, 3.63) is 30.1 Å². The van der Waals surface area contributed by atoms with Gasteiger partial charge in [-0.25, -0.2) is 0 Å². The Bertz CT molecular complexity index is 547. The van der Waals surface area contributed by atoms with Crippen molar-refractivity contribution in [2.45, 2.75) is 13.3 Å². The minimum absolute atomic E-state index is 0.795. The first kappa shape index (κ1) is 12.5. The van der Waals surface area contributed by atoms with E-state index in [1.807, 2.05) is 30.8 Å². The van der Waals surface area contributed by atoms with Crippen molar-refractivity contribution >= 4 is 17.4 Å². The number of hydrogen-bond acceptors (Lipinski definition) is 5. The summed E-state index contributed by atoms with van der Waals surface area (Å²) in [7, 11) is 0. The largest absolute Gasteiger partial charge is 0.385 e. The Morgan fingerprint density at radius 1 is 1.47 bits per heavy atom. The summed E-state index contributed by atoms with van der Waals surface area (Å²) < 4.78 is 1.75. The van der Waals surface area contributed by atoms with Gasteiger partial charge in [-0.05, 0) is 59.4 Å². The molecule has 1 unspecified atom stereocenters. The van der Waals surface area contributed by atoms with Gasteiger partial charge in [0.1, 0.15) is 0 Å². The van der Waals surface area contributed by atoms with E-state index in [1.165, 1.54) is 17.9 Å². The zero-order valence-electron chi connectivity index (χ0n) is 10.9. The number of aryl methyl sites for hydroxylation is 1. The van der Waals surface area contributed by atoms with E-state index in [0.717, 1.165) is 29.7 Å². The summed E-state index contributed by atoms with van der Waals surface area (Å²) in [4.78, 5) is 0. The van der Waals surface area contributed by atoms with Crippen LogP contribution in [0, 0.1) is 12.8 Å². The molecule has 1 aliphatic rings. The van der Waals surface area contributed by atoms with E-state index in [1.54, 1.807) is 4.68 Å². The average Bonchev–Trinajstić information content (AvgIpc) is 3.08. The first-order chi connectivity index (χ1) is 9.33. The Hall–Kier alpha value is -1.56. The SMILES string of the molecule is Cc1nnnn1-c1cccc(NCC2CCSC2)c1. The molecule has 0 bridgehead atoms. The Morgan fingerprint density at radius 3 is 3.16 bits per heavy atom. The van der Waals surface area contributed by atoms with Gasteiger partial charge in [-0.3, -0.25) is 0 Å². The standard InChI is InChI=1S/C13H17N5S/c1-10-15-16-17-18(10)13-4-2-3-12(7-13)14-8-11-5-6-19-9-11/h2-4,7,11,14H,5-6,8-9H2,1H3. The molecule has 0 radical (unpaired) electrons. The highest BCUT2D eigenvalue weighted by Gasteiger charge is 2.14. The molecule has 0 saturated carbocycles. The lowest BCUT2D eigenvalue weighted by molar-refractivity contribution is 0.632. The molecule has 100 valence electrons. The molecule has 0 aliphatic carbocycles. The topological polar surface area (TPSA) is 55.6 Å². The first-order valence-corrected chi connectivity index (χ1v) is 7.65. The molecule has 3 rings (SSSR count). The molecule has 1 fully saturated rings. The molecule has 1 atom stereocenters. The van der Waals surface area contributed by atoms with E-state index >= 15 is 0 Å². The van der Waals surface area contributed by atoms with Crippen LogP contribution in [0.5, 0.6) is 0 Å². The predicted molar refractivity (Wildman–Crippen MR) is 77.8 cm³/mol. The number of nitrogens with zero attached hydrogens (tertiary/aromatic N) is 4. The van der Waals surface area contributed by atoms with Crippen LogP contribution in [-0.4, -0.2) is 38.3 Å². The van der Waals surface area contributed by atoms with E-state index < -0.39 is 0 Å². The predicted octanol–water partition coefficient (Wildman–Crippen LogP) is 2.14. The van der Waals surface area contributed by atoms with Crippen LogP contribution in [0.4, 0.5) is 5.69 Å². The highest BCUT2D eigenvalue weighted by atomic mass is 32.2. The van der Waals surface area contributed by atoms with Crippen LogP contribution in [-0.2, 0) is 0 Å². The molecule has 1 aliphatic heterocycles. The fraction of sp³-hybridized carbons (Fsp3) is 0.462. The van der Waals surface area contributed by atoms with Gasteiger partial charge >= 0.3 is 0 Å². The second-order valence-corrected chi connectivity index (χ2v) is 5.95. The van der Waals surface area contributed by atoms with E-state index in [4.69, 9.17) is 0 Å². The average molecular weight is 275 g/mol. The summed E-state index contributed by atoms with van der Waals surface area (Å²) >= 11 is 2.05. The molecule has 1 saturated heterocycles. The van der Waals surface area contributed by atoms with Crippen molar-refractivity contribution in [3.8, 4) is 5.69 Å². The second kappa shape index (κ2) is 5.61. The molecule has 1 N–H and O–H groups in total. The highest BCUT2D eigenvalue weighted by Crippen LogP contribution is 2.24. The summed E-state index contributed by atoms with van der Waals surface area (Å²) in [5.74, 6) is 4.17. The van der Waals surface area contributed by atoms with Gasteiger partial charge < -0.3 is 5.32 Å². The fourth-order valence-corrected chi connectivity index (χ4v) is 3.51. The van der Waals surface area contributed by atoms with Crippen LogP contribution in [0.3, 0.4) is 0 Å². The fourth-order valence-electron chi connectivity index (χ4n) is 2.22. The van der Waals surface area contributed by atoms with Crippen molar-refractivity contribution in [2.24, 2.45) is 5.92 Å². The minimum Gasteiger partial charge on any atom is -0.385 e. The van der Waals surface area contributed by atoms with Gasteiger partial charge in [0.2, 0.25) is 0 Å². The highest BCUT2D eigenvalue weighted by molar-refractivity contribution is 7.99. The zero-order valence-corrected chi connectivity index (χ0v) is 11.7. The normalized spacial score (nSPS) is 18.7. The lowest BCUT2D eigenvalue weighted by Gasteiger charge is -2.12. The van der Waals surface area contributed by atoms with Crippen molar-refractivity contribution in [1.82, 2.24) is 20.2 Å². The smallest absolute Gasteiger partial charge is 0.153 e. The van der Waals surface area contributed by atoms with Gasteiger partial charge in [0.05, 0.1) is 5.69 Å². The van der Waals surface area contributed by atoms with Crippen LogP contribution < -0.4 is 5.32 Å². The summed E-state index contributed by atoms with van der Waals surface area (Å²) in [5.41, 5.74) is 2.12. The van der Waals surface area contributed by atoms with E-state index in [0.29, 0.717) is 0 Å². The molecule has 5 nitrogen and oxygen atoms in total. The zero-order chi connectivity index (χ0) is 13.1. The molecule has 6 heteroatoms. The number of thioether (sulfide) groups is 1. The number of aromatic nitrogens is 4. The van der Waals surface area contributed by atoms with Gasteiger partial charge in [0, 0.05) is 12.2 Å². The van der Waals surface area contributed by atoms with Crippen molar-refractivity contribution < 1.29 is 0 Å². The molecule has 1 aromatic heterocycles. The Morgan fingerprint density at radius 2 is 2.42 bits per heavy atom. The molecule has 19 heavy (non-hydrogen) atoms. The monoisotopic (exact) mass is 275 g/mol. The van der Waals surface area contributed by atoms with Crippen LogP contribution in [0.1, 0.15) is 12.2 Å². The van der Waals surface area contributed by atoms with Gasteiger partial charge in [-0.15, -0.1) is 5.10 Å². The Balaban J connectivity index is 1.71. The van der Waals surface area contributed by atoms with E-state index in [2.05, 4.69) is 33.0 Å². The van der Waals surface area contributed by atoms with Crippen molar-refractivity contribution in [2.75, 3.05) is 23.4 Å². The first-order valence-electron chi connectivity index (χ1n) is 6.50. The maximum absolute atomic E-state index is 3.99. The quantitative estimate of drug-likeness (QED) is 0.926. The van der Waals surface area contributed by atoms with Crippen molar-refractivity contribution in [3.63, 3.8) is 0 Å². The molecule has 1 aromatic carbocycles. The second-order valence-electron chi connectivity index (χ2n) is 4.80. The van der Waals surface area contributed by atoms with Crippen LogP contribution in [0.25, 0.3) is 5.69 Å². The number of nitrogens with one attached hydrogen (secondary N) is 1. The number of hydrogen-bond donors (Lipinski definition) is 1. The lowest BCUT2D eigenvalue weighted by atomic mass is 10.1. The molecule has 0 amide bonds. The minimum atomic E-state index is 0.795. The van der Waals surface area contributed by atoms with Crippen LogP contribution >= 0.6 is 11.8 Å². The molecule has 2 heterocycles. The Labute approximate surface area is 116 Å². The number of anilines is 1. The van der Waals surface area contributed by atoms with Gasteiger partial charge in [-0.1, -0.05) is 6.07 Å². The number of rotatable bonds is 4. The Kier molecular flexibility index (Phi) is 3.68. The summed E-state index contributed by atoms with van der Waals surface area (Å²) in [6.07, 6.45) is 1.32. The van der Waals surface area contributed by atoms with Gasteiger partial charge in [-0.2, -0.15) is 16.4 Å². The van der Waals surface area contributed by atoms with Crippen LogP contribution in [0.15, 0.2) is 24.3 Å². The third-order valence-electron chi connectivity index (χ3n) is 3.33. The molecular formula is C13H17N5S. The van der Waals surface area contributed by atoms with E-state index in [9.17, 15) is 0 Å². The van der Waals surface area contributed by atoms with E-state index in [-0.39, 0.29) is 0 Å². The third kappa shape index (κ3) is 2.89. The van der Waals surface area contributed by atoms with Gasteiger partial charge in [0.15, 0.2) is 5.82 Å². The maximum Gasteiger partial charge on any atom is 0.153 e. The molecule has 2 aromatic rings. The van der Waals surface area contributed by atoms with Gasteiger partial charge in [0.25, 0.3) is 0 Å². The number of tetrazole rings is 1. The van der Waals surface area contributed by atoms with Crippen molar-refractivity contribution in [1.29, 1.82) is 0 Å². The molecule has 0 spiro atoms. The summed E-state index contributed by atoms with van der Waals surface area (Å²) in [6, 6.07) is 8.22. The summed E-state index contributed by atoms with van der Waals surface area (Å²) in [5, 5.41) is 15.1. The number of benzene rings is 1. The maximum atomic E-state index is 3.99. The third-order valence-corrected chi connectivity index (χ3v) is 4.57. The lowest BCUT2D eigenvalue weighted by Crippen LogP contribution is -2.13.